The van der Waals surface area contributed by atoms with E-state index in [1.165, 1.54) is 0 Å². The van der Waals surface area contributed by atoms with E-state index in [2.05, 4.69) is 15.5 Å². The molecular weight excluding hydrogens is 396 g/mol. The first-order valence-corrected chi connectivity index (χ1v) is 10.2. The maximum atomic E-state index is 12.3. The minimum Gasteiger partial charge on any atom is -0.493 e. The van der Waals surface area contributed by atoms with Gasteiger partial charge in [-0.25, -0.2) is 0 Å². The number of aromatic nitrogens is 3. The molecule has 0 bridgehead atoms. The summed E-state index contributed by atoms with van der Waals surface area (Å²) in [4.78, 5) is 13.3. The number of hydrogen-bond acceptors (Lipinski definition) is 6. The molecule has 9 heteroatoms. The standard InChI is InChI=1S/C19H22N4O3S2/c1-3-26-14-7-6-13(11-15(14)25-2)12-20-17(24)8-9-23-18(21-22-19(23)27)16-5-4-10-28-16/h4-7,10-11H,3,8-9,12H2,1-2H3,(H,20,24)(H,22,27). The fourth-order valence-electron chi connectivity index (χ4n) is 2.72. The summed E-state index contributed by atoms with van der Waals surface area (Å²) in [5.74, 6) is 2.03. The number of thiophene rings is 1. The Hall–Kier alpha value is -2.65. The number of ether oxygens (including phenoxy) is 2. The molecule has 0 aliphatic heterocycles. The van der Waals surface area contributed by atoms with Gasteiger partial charge in [-0.1, -0.05) is 12.1 Å². The van der Waals surface area contributed by atoms with Gasteiger partial charge in [-0.05, 0) is 48.3 Å². The topological polar surface area (TPSA) is 81.2 Å². The van der Waals surface area contributed by atoms with Gasteiger partial charge in [-0.2, -0.15) is 5.10 Å². The molecule has 3 rings (SSSR count). The number of nitrogens with one attached hydrogen (secondary N) is 2. The first kappa shape index (κ1) is 20.1. The van der Waals surface area contributed by atoms with Gasteiger partial charge in [-0.15, -0.1) is 11.3 Å². The van der Waals surface area contributed by atoms with Crippen LogP contribution in [0.2, 0.25) is 0 Å². The van der Waals surface area contributed by atoms with Gasteiger partial charge in [0, 0.05) is 19.5 Å². The van der Waals surface area contributed by atoms with E-state index in [0.717, 1.165) is 16.3 Å². The van der Waals surface area contributed by atoms with E-state index in [4.69, 9.17) is 21.7 Å². The Labute approximate surface area is 172 Å². The number of benzene rings is 1. The first-order chi connectivity index (χ1) is 13.6. The van der Waals surface area contributed by atoms with Gasteiger partial charge in [0.05, 0.1) is 18.6 Å². The Morgan fingerprint density at radius 3 is 2.93 bits per heavy atom. The first-order valence-electron chi connectivity index (χ1n) is 8.88. The van der Waals surface area contributed by atoms with Crippen LogP contribution in [0.3, 0.4) is 0 Å². The molecule has 28 heavy (non-hydrogen) atoms. The predicted octanol–water partition coefficient (Wildman–Crippen LogP) is 3.78. The number of rotatable bonds is 9. The average molecular weight is 419 g/mol. The maximum absolute atomic E-state index is 12.3. The molecule has 0 aliphatic carbocycles. The summed E-state index contributed by atoms with van der Waals surface area (Å²) in [6.07, 6.45) is 0.306. The number of H-pyrrole nitrogens is 1. The van der Waals surface area contributed by atoms with Crippen molar-refractivity contribution in [2.24, 2.45) is 0 Å². The summed E-state index contributed by atoms with van der Waals surface area (Å²) in [5.41, 5.74) is 0.938. The highest BCUT2D eigenvalue weighted by Crippen LogP contribution is 2.28. The molecule has 3 aromatic rings. The monoisotopic (exact) mass is 418 g/mol. The SMILES string of the molecule is CCOc1ccc(CNC(=O)CCn2c(-c3cccs3)n[nH]c2=S)cc1OC. The van der Waals surface area contributed by atoms with Gasteiger partial charge in [0.2, 0.25) is 5.91 Å². The third-order valence-corrected chi connectivity index (χ3v) is 5.26. The number of nitrogens with zero attached hydrogens (tertiary/aromatic N) is 2. The number of aromatic amines is 1. The molecule has 0 unspecified atom stereocenters. The molecule has 1 amide bonds. The Kier molecular flexibility index (Phi) is 6.83. The van der Waals surface area contributed by atoms with E-state index >= 15 is 0 Å². The zero-order valence-electron chi connectivity index (χ0n) is 15.7. The summed E-state index contributed by atoms with van der Waals surface area (Å²) < 4.78 is 13.2. The molecule has 0 saturated heterocycles. The number of carbonyl (C=O) groups excluding carboxylic acids is 1. The third-order valence-electron chi connectivity index (χ3n) is 4.08. The highest BCUT2D eigenvalue weighted by Gasteiger charge is 2.12. The molecule has 2 N–H and O–H groups in total. The zero-order chi connectivity index (χ0) is 19.9. The summed E-state index contributed by atoms with van der Waals surface area (Å²) >= 11 is 6.87. The van der Waals surface area contributed by atoms with Crippen molar-refractivity contribution in [3.8, 4) is 22.2 Å². The second kappa shape index (κ2) is 9.52. The van der Waals surface area contributed by atoms with Crippen molar-refractivity contribution in [1.82, 2.24) is 20.1 Å². The van der Waals surface area contributed by atoms with Crippen LogP contribution in [-0.2, 0) is 17.9 Å². The van der Waals surface area contributed by atoms with Crippen LogP contribution in [0.25, 0.3) is 10.7 Å². The van der Waals surface area contributed by atoms with E-state index in [1.54, 1.807) is 18.4 Å². The molecule has 0 spiro atoms. The van der Waals surface area contributed by atoms with Gasteiger partial charge in [0.1, 0.15) is 0 Å². The van der Waals surface area contributed by atoms with E-state index in [0.29, 0.717) is 42.4 Å². The van der Waals surface area contributed by atoms with E-state index < -0.39 is 0 Å². The fourth-order valence-corrected chi connectivity index (χ4v) is 3.66. The molecule has 0 atom stereocenters. The fraction of sp³-hybridized carbons (Fsp3) is 0.316. The number of amides is 1. The van der Waals surface area contributed by atoms with Gasteiger partial charge in [0.25, 0.3) is 0 Å². The van der Waals surface area contributed by atoms with Gasteiger partial charge >= 0.3 is 0 Å². The average Bonchev–Trinajstić information content (AvgIpc) is 3.35. The Balaban J connectivity index is 1.57. The van der Waals surface area contributed by atoms with Gasteiger partial charge in [-0.3, -0.25) is 14.5 Å². The molecule has 0 fully saturated rings. The molecule has 2 aromatic heterocycles. The normalized spacial score (nSPS) is 10.6. The van der Waals surface area contributed by atoms with E-state index in [-0.39, 0.29) is 5.91 Å². The molecule has 0 aliphatic rings. The second-order valence-corrected chi connectivity index (χ2v) is 7.26. The molecule has 2 heterocycles. The lowest BCUT2D eigenvalue weighted by Gasteiger charge is -2.12. The lowest BCUT2D eigenvalue weighted by molar-refractivity contribution is -0.121. The van der Waals surface area contributed by atoms with E-state index in [1.807, 2.05) is 47.2 Å². The van der Waals surface area contributed by atoms with Crippen LogP contribution in [0.5, 0.6) is 11.5 Å². The molecule has 0 saturated carbocycles. The predicted molar refractivity (Wildman–Crippen MR) is 111 cm³/mol. The van der Waals surface area contributed by atoms with Crippen LogP contribution in [0.4, 0.5) is 0 Å². The van der Waals surface area contributed by atoms with Crippen molar-refractivity contribution < 1.29 is 14.3 Å². The van der Waals surface area contributed by atoms with Crippen LogP contribution in [-0.4, -0.2) is 34.4 Å². The summed E-state index contributed by atoms with van der Waals surface area (Å²) in [7, 11) is 1.60. The summed E-state index contributed by atoms with van der Waals surface area (Å²) in [6.45, 7) is 3.36. The highest BCUT2D eigenvalue weighted by molar-refractivity contribution is 7.71. The summed E-state index contributed by atoms with van der Waals surface area (Å²) in [5, 5.41) is 12.0. The maximum Gasteiger partial charge on any atom is 0.222 e. The van der Waals surface area contributed by atoms with Crippen LogP contribution >= 0.6 is 23.6 Å². The van der Waals surface area contributed by atoms with Crippen molar-refractivity contribution in [1.29, 1.82) is 0 Å². The molecule has 7 nitrogen and oxygen atoms in total. The van der Waals surface area contributed by atoms with E-state index in [9.17, 15) is 4.79 Å². The number of hydrogen-bond donors (Lipinski definition) is 2. The summed E-state index contributed by atoms with van der Waals surface area (Å²) in [6, 6.07) is 9.56. The smallest absolute Gasteiger partial charge is 0.222 e. The van der Waals surface area contributed by atoms with Crippen LogP contribution in [0, 0.1) is 4.77 Å². The molecule has 148 valence electrons. The third kappa shape index (κ3) is 4.79. The molecular formula is C19H22N4O3S2. The Morgan fingerprint density at radius 1 is 1.36 bits per heavy atom. The van der Waals surface area contributed by atoms with Crippen molar-refractivity contribution in [3.05, 3.63) is 46.0 Å². The van der Waals surface area contributed by atoms with Gasteiger partial charge in [0.15, 0.2) is 22.1 Å². The zero-order valence-corrected chi connectivity index (χ0v) is 17.4. The molecule has 1 aromatic carbocycles. The van der Waals surface area contributed by atoms with Crippen molar-refractivity contribution >= 4 is 29.5 Å². The van der Waals surface area contributed by atoms with Crippen LogP contribution in [0.15, 0.2) is 35.7 Å². The van der Waals surface area contributed by atoms with Crippen molar-refractivity contribution in [2.45, 2.75) is 26.4 Å². The Morgan fingerprint density at radius 2 is 2.21 bits per heavy atom. The molecule has 0 radical (unpaired) electrons. The number of methoxy groups -OCH3 is 1. The highest BCUT2D eigenvalue weighted by atomic mass is 32.1. The van der Waals surface area contributed by atoms with Gasteiger partial charge < -0.3 is 14.8 Å². The number of carbonyl (C=O) groups is 1. The largest absolute Gasteiger partial charge is 0.493 e. The minimum atomic E-state index is -0.0620. The van der Waals surface area contributed by atoms with Crippen LogP contribution < -0.4 is 14.8 Å². The van der Waals surface area contributed by atoms with Crippen molar-refractivity contribution in [3.63, 3.8) is 0 Å². The quantitative estimate of drug-likeness (QED) is 0.517. The lowest BCUT2D eigenvalue weighted by Crippen LogP contribution is -2.24. The van der Waals surface area contributed by atoms with Crippen LogP contribution in [0.1, 0.15) is 18.9 Å². The second-order valence-electron chi connectivity index (χ2n) is 5.93. The van der Waals surface area contributed by atoms with Crippen molar-refractivity contribution in [2.75, 3.05) is 13.7 Å². The Bertz CT molecular complexity index is 979. The lowest BCUT2D eigenvalue weighted by atomic mass is 10.2. The minimum absolute atomic E-state index is 0.0620.